The van der Waals surface area contributed by atoms with Crippen LogP contribution in [0.25, 0.3) is 87.4 Å². The molecule has 0 aliphatic heterocycles. The van der Waals surface area contributed by atoms with Crippen LogP contribution in [0.15, 0.2) is 132 Å². The van der Waals surface area contributed by atoms with Crippen LogP contribution < -0.4 is 0 Å². The summed E-state index contributed by atoms with van der Waals surface area (Å²) in [4.78, 5) is 15.2. The molecule has 51 heavy (non-hydrogen) atoms. The summed E-state index contributed by atoms with van der Waals surface area (Å²) in [5.41, 5.74) is 10.0. The monoisotopic (exact) mass is 677 g/mol. The number of hydrogen-bond donors (Lipinski definition) is 0. The quantitative estimate of drug-likeness (QED) is 0.186. The summed E-state index contributed by atoms with van der Waals surface area (Å²) in [7, 11) is 0. The summed E-state index contributed by atoms with van der Waals surface area (Å²) < 4.78 is 9.13. The average Bonchev–Trinajstić information content (AvgIpc) is 3.77. The van der Waals surface area contributed by atoms with Gasteiger partial charge in [-0.3, -0.25) is 0 Å². The Bertz CT molecular complexity index is 2840. The van der Waals surface area contributed by atoms with E-state index in [2.05, 4.69) is 125 Å². The van der Waals surface area contributed by atoms with Crippen LogP contribution in [0.5, 0.6) is 0 Å². The zero-order valence-electron chi connectivity index (χ0n) is 29.0. The zero-order valence-corrected chi connectivity index (χ0v) is 29.8. The molecule has 1 aliphatic rings. The Hall–Kier alpha value is -5.65. The molecule has 9 aromatic rings. The Labute approximate surface area is 300 Å². The molecule has 3 aromatic heterocycles. The van der Waals surface area contributed by atoms with Crippen LogP contribution in [0.3, 0.4) is 0 Å². The van der Waals surface area contributed by atoms with E-state index in [0.717, 1.165) is 45.0 Å². The highest BCUT2D eigenvalue weighted by atomic mass is 32.1. The first-order valence-corrected chi connectivity index (χ1v) is 18.4. The van der Waals surface area contributed by atoms with Crippen molar-refractivity contribution in [1.82, 2.24) is 15.0 Å². The number of nitrogens with zero attached hydrogens (tertiary/aromatic N) is 3. The predicted octanol–water partition coefficient (Wildman–Crippen LogP) is 12.8. The SMILES string of the molecule is CC1(C)CC(C)(C)c2cc(-c3ccc4oc5c(-c6nc(-c7ccccc7)nc(-c7ccc8c(c7)sc7ccccc78)n6)cccc5c4c3)ccc21. The van der Waals surface area contributed by atoms with Gasteiger partial charge in [-0.25, -0.2) is 15.0 Å². The van der Waals surface area contributed by atoms with Gasteiger partial charge in [-0.1, -0.05) is 125 Å². The van der Waals surface area contributed by atoms with E-state index in [1.54, 1.807) is 11.3 Å². The Morgan fingerprint density at radius 1 is 0.490 bits per heavy atom. The summed E-state index contributed by atoms with van der Waals surface area (Å²) in [6, 6.07) is 45.1. The molecule has 0 atom stereocenters. The average molecular weight is 678 g/mol. The predicted molar refractivity (Wildman–Crippen MR) is 212 cm³/mol. The number of rotatable bonds is 4. The van der Waals surface area contributed by atoms with E-state index in [4.69, 9.17) is 19.4 Å². The van der Waals surface area contributed by atoms with Crippen molar-refractivity contribution in [3.8, 4) is 45.3 Å². The van der Waals surface area contributed by atoms with Gasteiger partial charge >= 0.3 is 0 Å². The maximum absolute atomic E-state index is 6.65. The molecule has 0 radical (unpaired) electrons. The van der Waals surface area contributed by atoms with E-state index in [1.807, 2.05) is 30.3 Å². The number of hydrogen-bond acceptors (Lipinski definition) is 5. The molecule has 0 saturated carbocycles. The molecule has 5 heteroatoms. The van der Waals surface area contributed by atoms with E-state index in [1.165, 1.54) is 42.4 Å². The highest BCUT2D eigenvalue weighted by Gasteiger charge is 2.41. The highest BCUT2D eigenvalue weighted by Crippen LogP contribution is 2.50. The molecule has 0 N–H and O–H groups in total. The lowest BCUT2D eigenvalue weighted by atomic mass is 9.82. The lowest BCUT2D eigenvalue weighted by Crippen LogP contribution is -2.17. The van der Waals surface area contributed by atoms with E-state index < -0.39 is 0 Å². The van der Waals surface area contributed by atoms with Gasteiger partial charge in [-0.2, -0.15) is 0 Å². The third kappa shape index (κ3) is 4.83. The van der Waals surface area contributed by atoms with Crippen LogP contribution in [0.4, 0.5) is 0 Å². The van der Waals surface area contributed by atoms with Crippen molar-refractivity contribution in [3.05, 3.63) is 139 Å². The van der Waals surface area contributed by atoms with Gasteiger partial charge in [0.1, 0.15) is 11.2 Å². The van der Waals surface area contributed by atoms with E-state index in [0.29, 0.717) is 17.5 Å². The zero-order chi connectivity index (χ0) is 34.5. The molecule has 0 saturated heterocycles. The fraction of sp³-hybridized carbons (Fsp3) is 0.152. The van der Waals surface area contributed by atoms with E-state index >= 15 is 0 Å². The van der Waals surface area contributed by atoms with E-state index in [-0.39, 0.29) is 10.8 Å². The maximum Gasteiger partial charge on any atom is 0.167 e. The van der Waals surface area contributed by atoms with Gasteiger partial charge < -0.3 is 4.42 Å². The third-order valence-corrected chi connectivity index (χ3v) is 11.9. The second kappa shape index (κ2) is 10.9. The van der Waals surface area contributed by atoms with Crippen molar-refractivity contribution in [2.75, 3.05) is 0 Å². The number of thiophene rings is 1. The molecule has 0 fully saturated rings. The standard InChI is InChI=1S/C46H35N3OS/c1-45(2)26-46(3,4)37-24-29(18-21-36(37)45)28-19-22-38-35(23-28)33-14-10-15-34(41(33)50-38)44-48-42(27-11-6-5-7-12-27)47-43(49-44)30-17-20-32-31-13-8-9-16-39(31)51-40(32)25-30/h5-25H,26H2,1-4H3. The second-order valence-corrected chi connectivity index (χ2v) is 16.3. The number of benzene rings is 6. The second-order valence-electron chi connectivity index (χ2n) is 15.2. The van der Waals surface area contributed by atoms with Crippen LogP contribution in [0, 0.1) is 0 Å². The number of fused-ring (bicyclic) bond motifs is 7. The lowest BCUT2D eigenvalue weighted by Gasteiger charge is -2.22. The van der Waals surface area contributed by atoms with Crippen molar-refractivity contribution >= 4 is 53.4 Å². The highest BCUT2D eigenvalue weighted by molar-refractivity contribution is 7.25. The topological polar surface area (TPSA) is 51.8 Å². The van der Waals surface area contributed by atoms with Gasteiger partial charge in [0.05, 0.1) is 5.56 Å². The largest absolute Gasteiger partial charge is 0.455 e. The number of aromatic nitrogens is 3. The van der Waals surface area contributed by atoms with Gasteiger partial charge in [0.15, 0.2) is 17.5 Å². The van der Waals surface area contributed by atoms with Gasteiger partial charge in [0.25, 0.3) is 0 Å². The molecule has 3 heterocycles. The van der Waals surface area contributed by atoms with Crippen molar-refractivity contribution < 1.29 is 4.42 Å². The minimum absolute atomic E-state index is 0.141. The fourth-order valence-corrected chi connectivity index (χ4v) is 9.68. The minimum atomic E-state index is 0.141. The lowest BCUT2D eigenvalue weighted by molar-refractivity contribution is 0.403. The molecule has 10 rings (SSSR count). The Balaban J connectivity index is 1.12. The first-order valence-electron chi connectivity index (χ1n) is 17.6. The summed E-state index contributed by atoms with van der Waals surface area (Å²) in [6.07, 6.45) is 1.15. The molecule has 246 valence electrons. The number of para-hydroxylation sites is 1. The van der Waals surface area contributed by atoms with Crippen LogP contribution in [0.1, 0.15) is 45.2 Å². The summed E-state index contributed by atoms with van der Waals surface area (Å²) in [5, 5.41) is 4.64. The molecule has 0 spiro atoms. The third-order valence-electron chi connectivity index (χ3n) is 10.7. The molecular formula is C46H35N3OS. The van der Waals surface area contributed by atoms with Gasteiger partial charge in [-0.15, -0.1) is 11.3 Å². The molecular weight excluding hydrogens is 643 g/mol. The fourth-order valence-electron chi connectivity index (χ4n) is 8.53. The Morgan fingerprint density at radius 3 is 2.02 bits per heavy atom. The van der Waals surface area contributed by atoms with Crippen LogP contribution in [0.2, 0.25) is 0 Å². The molecule has 4 nitrogen and oxygen atoms in total. The van der Waals surface area contributed by atoms with Crippen molar-refractivity contribution in [1.29, 1.82) is 0 Å². The molecule has 1 aliphatic carbocycles. The summed E-state index contributed by atoms with van der Waals surface area (Å²) in [6.45, 7) is 9.47. The van der Waals surface area contributed by atoms with Gasteiger partial charge in [-0.05, 0) is 69.8 Å². The van der Waals surface area contributed by atoms with Gasteiger partial charge in [0, 0.05) is 42.1 Å². The first kappa shape index (κ1) is 30.2. The van der Waals surface area contributed by atoms with Crippen LogP contribution in [-0.2, 0) is 10.8 Å². The first-order chi connectivity index (χ1) is 24.7. The van der Waals surface area contributed by atoms with E-state index in [9.17, 15) is 0 Å². The normalized spacial score (nSPS) is 14.9. The van der Waals surface area contributed by atoms with Gasteiger partial charge in [0.2, 0.25) is 0 Å². The molecule has 0 bridgehead atoms. The van der Waals surface area contributed by atoms with Crippen LogP contribution in [-0.4, -0.2) is 15.0 Å². The molecule has 0 amide bonds. The minimum Gasteiger partial charge on any atom is -0.455 e. The smallest absolute Gasteiger partial charge is 0.167 e. The van der Waals surface area contributed by atoms with Crippen LogP contribution >= 0.6 is 11.3 Å². The van der Waals surface area contributed by atoms with Crippen molar-refractivity contribution in [2.45, 2.75) is 44.9 Å². The van der Waals surface area contributed by atoms with Crippen molar-refractivity contribution in [3.63, 3.8) is 0 Å². The number of furan rings is 1. The Morgan fingerprint density at radius 2 is 1.16 bits per heavy atom. The summed E-state index contributed by atoms with van der Waals surface area (Å²) in [5.74, 6) is 1.85. The molecule has 0 unspecified atom stereocenters. The maximum atomic E-state index is 6.65. The summed E-state index contributed by atoms with van der Waals surface area (Å²) >= 11 is 1.79. The van der Waals surface area contributed by atoms with Crippen molar-refractivity contribution in [2.24, 2.45) is 0 Å². The Kier molecular flexibility index (Phi) is 6.47. The molecule has 6 aromatic carbocycles.